The van der Waals surface area contributed by atoms with Gasteiger partial charge >= 0.3 is 0 Å². The van der Waals surface area contributed by atoms with Crippen LogP contribution in [0, 0.1) is 0 Å². The van der Waals surface area contributed by atoms with E-state index in [0.717, 1.165) is 0 Å². The smallest absolute Gasteiger partial charge is 0.0150 e. The summed E-state index contributed by atoms with van der Waals surface area (Å²) in [6.45, 7) is 4.47. The summed E-state index contributed by atoms with van der Waals surface area (Å²) in [4.78, 5) is 1.35. The van der Waals surface area contributed by atoms with Crippen molar-refractivity contribution in [2.24, 2.45) is 0 Å². The summed E-state index contributed by atoms with van der Waals surface area (Å²) >= 11 is 1.79. The molecule has 0 amide bonds. The summed E-state index contributed by atoms with van der Waals surface area (Å²) in [5.74, 6) is 0.568. The van der Waals surface area contributed by atoms with Gasteiger partial charge in [0.25, 0.3) is 0 Å². The van der Waals surface area contributed by atoms with Gasteiger partial charge in [0.1, 0.15) is 0 Å². The first-order valence-corrected chi connectivity index (χ1v) is 7.12. The summed E-state index contributed by atoms with van der Waals surface area (Å²) < 4.78 is 0. The Hall–Kier alpha value is -1.47. The van der Waals surface area contributed by atoms with Gasteiger partial charge in [-0.25, -0.2) is 0 Å². The zero-order chi connectivity index (χ0) is 12.8. The van der Waals surface area contributed by atoms with E-state index in [2.05, 4.69) is 73.9 Å². The summed E-state index contributed by atoms with van der Waals surface area (Å²) in [7, 11) is 0. The second-order valence-electron chi connectivity index (χ2n) is 4.52. The number of hydrogen-bond acceptors (Lipinski definition) is 1. The molecule has 0 bridgehead atoms. The van der Waals surface area contributed by atoms with Crippen molar-refractivity contribution in [2.75, 3.05) is 0 Å². The Balaban J connectivity index is 2.09. The Bertz CT molecular complexity index is 512. The molecule has 2 rings (SSSR count). The highest BCUT2D eigenvalue weighted by atomic mass is 32.2. The van der Waals surface area contributed by atoms with Crippen molar-refractivity contribution >= 4 is 17.8 Å². The molecule has 0 saturated heterocycles. The Kier molecular flexibility index (Phi) is 4.66. The van der Waals surface area contributed by atoms with Gasteiger partial charge in [0.05, 0.1) is 0 Å². The van der Waals surface area contributed by atoms with E-state index in [9.17, 15) is 0 Å². The molecule has 92 valence electrons. The average molecular weight is 254 g/mol. The zero-order valence-corrected chi connectivity index (χ0v) is 11.7. The van der Waals surface area contributed by atoms with E-state index in [1.54, 1.807) is 11.8 Å². The Morgan fingerprint density at radius 1 is 0.889 bits per heavy atom. The first kappa shape index (κ1) is 13.0. The summed E-state index contributed by atoms with van der Waals surface area (Å²) in [6.07, 6.45) is 2.15. The van der Waals surface area contributed by atoms with Crippen LogP contribution >= 0.6 is 11.8 Å². The largest absolute Gasteiger partial charge is 0.0978 e. The van der Waals surface area contributed by atoms with Crippen LogP contribution < -0.4 is 0 Å². The van der Waals surface area contributed by atoms with E-state index in [-0.39, 0.29) is 0 Å². The van der Waals surface area contributed by atoms with Crippen molar-refractivity contribution in [3.05, 3.63) is 71.1 Å². The minimum Gasteiger partial charge on any atom is -0.0978 e. The molecular weight excluding hydrogens is 236 g/mol. The molecule has 0 aliphatic heterocycles. The van der Waals surface area contributed by atoms with Crippen molar-refractivity contribution in [1.82, 2.24) is 0 Å². The van der Waals surface area contributed by atoms with Crippen LogP contribution in [0.5, 0.6) is 0 Å². The van der Waals surface area contributed by atoms with Crippen molar-refractivity contribution in [2.45, 2.75) is 24.7 Å². The van der Waals surface area contributed by atoms with Gasteiger partial charge in [0.15, 0.2) is 0 Å². The molecule has 0 fully saturated rings. The first-order chi connectivity index (χ1) is 8.77. The third-order valence-electron chi connectivity index (χ3n) is 2.80. The van der Waals surface area contributed by atoms with Crippen LogP contribution in [0.4, 0.5) is 0 Å². The lowest BCUT2D eigenvalue weighted by atomic mass is 10.0. The minimum atomic E-state index is 0.568. The van der Waals surface area contributed by atoms with Crippen LogP contribution in [0.25, 0.3) is 6.08 Å². The summed E-state index contributed by atoms with van der Waals surface area (Å²) in [6, 6.07) is 19.0. The van der Waals surface area contributed by atoms with Crippen LogP contribution in [0.1, 0.15) is 30.9 Å². The molecule has 0 unspecified atom stereocenters. The van der Waals surface area contributed by atoms with Gasteiger partial charge in [-0.15, -0.1) is 0 Å². The maximum atomic E-state index is 2.24. The highest BCUT2D eigenvalue weighted by Gasteiger charge is 2.04. The predicted molar refractivity (Wildman–Crippen MR) is 81.9 cm³/mol. The van der Waals surface area contributed by atoms with Crippen LogP contribution in [0.3, 0.4) is 0 Å². The number of benzene rings is 2. The predicted octanol–water partition coefficient (Wildman–Crippen LogP) is 5.57. The second kappa shape index (κ2) is 6.46. The van der Waals surface area contributed by atoms with Crippen LogP contribution in [-0.4, -0.2) is 0 Å². The van der Waals surface area contributed by atoms with E-state index in [4.69, 9.17) is 0 Å². The van der Waals surface area contributed by atoms with Gasteiger partial charge < -0.3 is 0 Å². The fourth-order valence-electron chi connectivity index (χ4n) is 1.81. The van der Waals surface area contributed by atoms with Crippen molar-refractivity contribution in [3.8, 4) is 0 Å². The van der Waals surface area contributed by atoms with Gasteiger partial charge in [-0.1, -0.05) is 74.1 Å². The maximum absolute atomic E-state index is 2.24. The zero-order valence-electron chi connectivity index (χ0n) is 10.8. The number of thioether (sulfide) groups is 1. The van der Waals surface area contributed by atoms with E-state index in [1.807, 2.05) is 6.07 Å². The molecule has 0 aliphatic carbocycles. The van der Waals surface area contributed by atoms with Gasteiger partial charge in [0, 0.05) is 4.90 Å². The molecular formula is C17H18S. The highest BCUT2D eigenvalue weighted by molar-refractivity contribution is 8.02. The number of hydrogen-bond donors (Lipinski definition) is 0. The van der Waals surface area contributed by atoms with Crippen LogP contribution in [0.2, 0.25) is 0 Å². The molecule has 0 N–H and O–H groups in total. The lowest BCUT2D eigenvalue weighted by molar-refractivity contribution is 0.843. The molecule has 0 heterocycles. The molecule has 2 aromatic rings. The lowest BCUT2D eigenvalue weighted by Gasteiger charge is -2.09. The summed E-state index contributed by atoms with van der Waals surface area (Å²) in [5, 5.41) is 2.16. The minimum absolute atomic E-state index is 0.568. The third kappa shape index (κ3) is 3.51. The molecule has 0 saturated carbocycles. The van der Waals surface area contributed by atoms with E-state index in [1.165, 1.54) is 16.0 Å². The average Bonchev–Trinajstić information content (AvgIpc) is 2.40. The van der Waals surface area contributed by atoms with E-state index >= 15 is 0 Å². The Morgan fingerprint density at radius 3 is 2.28 bits per heavy atom. The highest BCUT2D eigenvalue weighted by Crippen LogP contribution is 2.29. The molecule has 0 spiro atoms. The molecule has 2 aromatic carbocycles. The SMILES string of the molecule is CC(C)c1ccccc1S/C=C/c1ccccc1. The monoisotopic (exact) mass is 254 g/mol. The molecule has 0 aromatic heterocycles. The standard InChI is InChI=1S/C17H18S/c1-14(2)16-10-6-7-11-17(16)18-13-12-15-8-4-3-5-9-15/h3-14H,1-2H3/b13-12+. The van der Waals surface area contributed by atoms with Crippen LogP contribution in [0.15, 0.2) is 64.9 Å². The van der Waals surface area contributed by atoms with Gasteiger partial charge in [0.2, 0.25) is 0 Å². The van der Waals surface area contributed by atoms with E-state index < -0.39 is 0 Å². The molecule has 0 aliphatic rings. The van der Waals surface area contributed by atoms with Gasteiger partial charge in [-0.05, 0) is 34.6 Å². The molecule has 18 heavy (non-hydrogen) atoms. The molecule has 0 radical (unpaired) electrons. The fourth-order valence-corrected chi connectivity index (χ4v) is 2.78. The topological polar surface area (TPSA) is 0 Å². The van der Waals surface area contributed by atoms with Crippen molar-refractivity contribution in [3.63, 3.8) is 0 Å². The molecule has 1 heteroatoms. The van der Waals surface area contributed by atoms with Crippen LogP contribution in [-0.2, 0) is 0 Å². The summed E-state index contributed by atoms with van der Waals surface area (Å²) in [5.41, 5.74) is 2.66. The number of rotatable bonds is 4. The van der Waals surface area contributed by atoms with Crippen molar-refractivity contribution in [1.29, 1.82) is 0 Å². The maximum Gasteiger partial charge on any atom is 0.0150 e. The quantitative estimate of drug-likeness (QED) is 0.642. The normalized spacial score (nSPS) is 11.3. The van der Waals surface area contributed by atoms with Gasteiger partial charge in [-0.3, -0.25) is 0 Å². The van der Waals surface area contributed by atoms with Crippen molar-refractivity contribution < 1.29 is 0 Å². The lowest BCUT2D eigenvalue weighted by Crippen LogP contribution is -1.88. The Morgan fingerprint density at radius 2 is 1.56 bits per heavy atom. The molecule has 0 nitrogen and oxygen atoms in total. The third-order valence-corrected chi connectivity index (χ3v) is 3.69. The second-order valence-corrected chi connectivity index (χ2v) is 5.47. The fraction of sp³-hybridized carbons (Fsp3) is 0.176. The first-order valence-electron chi connectivity index (χ1n) is 6.24. The van der Waals surface area contributed by atoms with Gasteiger partial charge in [-0.2, -0.15) is 0 Å². The van der Waals surface area contributed by atoms with E-state index in [0.29, 0.717) is 5.92 Å². The Labute approximate surface area is 114 Å². The molecule has 0 atom stereocenters.